The van der Waals surface area contributed by atoms with Gasteiger partial charge in [0.2, 0.25) is 5.91 Å². The van der Waals surface area contributed by atoms with Crippen LogP contribution in [0.3, 0.4) is 0 Å². The van der Waals surface area contributed by atoms with Gasteiger partial charge in [-0.3, -0.25) is 14.9 Å². The molecule has 2 aromatic carbocycles. The molecular formula is C21H21FN2O4. The van der Waals surface area contributed by atoms with Crippen LogP contribution in [0, 0.1) is 15.9 Å². The number of hydrogen-bond donors (Lipinski definition) is 1. The van der Waals surface area contributed by atoms with Gasteiger partial charge in [-0.05, 0) is 54.3 Å². The zero-order valence-corrected chi connectivity index (χ0v) is 15.3. The predicted octanol–water partition coefficient (Wildman–Crippen LogP) is 3.61. The van der Waals surface area contributed by atoms with E-state index >= 15 is 0 Å². The standard InChI is InChI=1S/C21H21FN2O4/c22-18-6-4-17(5-7-18)21(11-13-28-14-12-21)15-23-20(25)10-3-16-1-8-19(9-2-16)24(26)27/h1-10H,11-15H2,(H,23,25)/b10-3+. The van der Waals surface area contributed by atoms with Crippen LogP contribution in [-0.2, 0) is 14.9 Å². The van der Waals surface area contributed by atoms with Gasteiger partial charge < -0.3 is 10.1 Å². The van der Waals surface area contributed by atoms with E-state index in [-0.39, 0.29) is 22.8 Å². The number of rotatable bonds is 6. The lowest BCUT2D eigenvalue weighted by Gasteiger charge is -2.37. The van der Waals surface area contributed by atoms with Crippen LogP contribution in [0.15, 0.2) is 54.6 Å². The van der Waals surface area contributed by atoms with E-state index < -0.39 is 4.92 Å². The van der Waals surface area contributed by atoms with E-state index in [1.165, 1.54) is 30.3 Å². The first-order valence-electron chi connectivity index (χ1n) is 9.03. The van der Waals surface area contributed by atoms with Crippen LogP contribution < -0.4 is 5.32 Å². The summed E-state index contributed by atoms with van der Waals surface area (Å²) in [4.78, 5) is 22.5. The Balaban J connectivity index is 1.65. The summed E-state index contributed by atoms with van der Waals surface area (Å²) in [6, 6.07) is 12.3. The molecule has 1 heterocycles. The molecule has 0 bridgehead atoms. The number of nitrogens with one attached hydrogen (secondary N) is 1. The summed E-state index contributed by atoms with van der Waals surface area (Å²) in [7, 11) is 0. The number of carbonyl (C=O) groups is 1. The Morgan fingerprint density at radius 2 is 1.79 bits per heavy atom. The lowest BCUT2D eigenvalue weighted by Crippen LogP contribution is -2.44. The van der Waals surface area contributed by atoms with E-state index in [0.717, 1.165) is 18.4 Å². The normalized spacial score (nSPS) is 16.0. The van der Waals surface area contributed by atoms with Crippen molar-refractivity contribution in [1.82, 2.24) is 5.32 Å². The molecule has 0 aliphatic carbocycles. The third-order valence-electron chi connectivity index (χ3n) is 5.04. The highest BCUT2D eigenvalue weighted by atomic mass is 19.1. The van der Waals surface area contributed by atoms with Crippen molar-refractivity contribution in [2.45, 2.75) is 18.3 Å². The molecule has 6 nitrogen and oxygen atoms in total. The summed E-state index contributed by atoms with van der Waals surface area (Å²) in [5.74, 6) is -0.549. The van der Waals surface area contributed by atoms with Crippen molar-refractivity contribution in [2.24, 2.45) is 0 Å². The van der Waals surface area contributed by atoms with Gasteiger partial charge in [0.15, 0.2) is 0 Å². The summed E-state index contributed by atoms with van der Waals surface area (Å²) >= 11 is 0. The number of benzene rings is 2. The van der Waals surface area contributed by atoms with E-state index in [1.54, 1.807) is 30.3 Å². The van der Waals surface area contributed by atoms with Crippen molar-refractivity contribution in [3.8, 4) is 0 Å². The Labute approximate surface area is 162 Å². The Hall–Kier alpha value is -3.06. The van der Waals surface area contributed by atoms with Gasteiger partial charge in [-0.2, -0.15) is 0 Å². The van der Waals surface area contributed by atoms with Crippen molar-refractivity contribution in [2.75, 3.05) is 19.8 Å². The summed E-state index contributed by atoms with van der Waals surface area (Å²) in [6.45, 7) is 1.60. The third-order valence-corrected chi connectivity index (χ3v) is 5.04. The van der Waals surface area contributed by atoms with E-state index in [2.05, 4.69) is 5.32 Å². The van der Waals surface area contributed by atoms with Gasteiger partial charge in [-0.1, -0.05) is 12.1 Å². The fourth-order valence-electron chi connectivity index (χ4n) is 3.33. The van der Waals surface area contributed by atoms with Gasteiger partial charge in [0.25, 0.3) is 5.69 Å². The molecule has 0 radical (unpaired) electrons. The Bertz CT molecular complexity index is 857. The highest BCUT2D eigenvalue weighted by Gasteiger charge is 2.34. The maximum Gasteiger partial charge on any atom is 0.269 e. The van der Waals surface area contributed by atoms with Crippen LogP contribution >= 0.6 is 0 Å². The molecule has 146 valence electrons. The van der Waals surface area contributed by atoms with E-state index in [9.17, 15) is 19.3 Å². The molecule has 2 aromatic rings. The van der Waals surface area contributed by atoms with Crippen LogP contribution in [0.2, 0.25) is 0 Å². The number of ether oxygens (including phenoxy) is 1. The van der Waals surface area contributed by atoms with Crippen LogP contribution in [0.1, 0.15) is 24.0 Å². The number of hydrogen-bond acceptors (Lipinski definition) is 4. The molecular weight excluding hydrogens is 363 g/mol. The second-order valence-electron chi connectivity index (χ2n) is 6.80. The number of non-ortho nitro benzene ring substituents is 1. The molecule has 1 amide bonds. The number of amides is 1. The first-order chi connectivity index (χ1) is 13.5. The minimum atomic E-state index is -0.469. The lowest BCUT2D eigenvalue weighted by atomic mass is 9.74. The molecule has 28 heavy (non-hydrogen) atoms. The van der Waals surface area contributed by atoms with E-state index in [0.29, 0.717) is 25.3 Å². The second kappa shape index (κ2) is 8.75. The minimum absolute atomic E-state index is 0.00218. The Morgan fingerprint density at radius 3 is 2.39 bits per heavy atom. The lowest BCUT2D eigenvalue weighted by molar-refractivity contribution is -0.384. The van der Waals surface area contributed by atoms with Crippen molar-refractivity contribution in [3.05, 3.63) is 81.7 Å². The van der Waals surface area contributed by atoms with Crippen LogP contribution in [0.5, 0.6) is 0 Å². The van der Waals surface area contributed by atoms with E-state index in [4.69, 9.17) is 4.74 Å². The van der Waals surface area contributed by atoms with Gasteiger partial charge in [0, 0.05) is 43.4 Å². The number of nitrogens with zero attached hydrogens (tertiary/aromatic N) is 1. The summed E-state index contributed by atoms with van der Waals surface area (Å²) in [5, 5.41) is 13.6. The Morgan fingerprint density at radius 1 is 1.14 bits per heavy atom. The molecule has 0 saturated carbocycles. The molecule has 0 unspecified atom stereocenters. The summed E-state index contributed by atoms with van der Waals surface area (Å²) in [6.07, 6.45) is 4.49. The number of nitro benzene ring substituents is 1. The number of carbonyl (C=O) groups excluding carboxylic acids is 1. The fourth-order valence-corrected chi connectivity index (χ4v) is 3.33. The van der Waals surface area contributed by atoms with Crippen molar-refractivity contribution < 1.29 is 18.8 Å². The largest absolute Gasteiger partial charge is 0.381 e. The highest BCUT2D eigenvalue weighted by molar-refractivity contribution is 5.91. The zero-order chi connectivity index (χ0) is 20.0. The maximum atomic E-state index is 13.3. The summed E-state index contributed by atoms with van der Waals surface area (Å²) < 4.78 is 18.7. The average molecular weight is 384 g/mol. The second-order valence-corrected chi connectivity index (χ2v) is 6.80. The minimum Gasteiger partial charge on any atom is -0.381 e. The van der Waals surface area contributed by atoms with Gasteiger partial charge >= 0.3 is 0 Å². The summed E-state index contributed by atoms with van der Waals surface area (Å²) in [5.41, 5.74) is 1.39. The third kappa shape index (κ3) is 4.80. The van der Waals surface area contributed by atoms with Crippen molar-refractivity contribution in [1.29, 1.82) is 0 Å². The Kier molecular flexibility index (Phi) is 6.16. The van der Waals surface area contributed by atoms with Gasteiger partial charge in [0.05, 0.1) is 4.92 Å². The molecule has 3 rings (SSSR count). The van der Waals surface area contributed by atoms with Crippen molar-refractivity contribution >= 4 is 17.7 Å². The SMILES string of the molecule is O=C(/C=C/c1ccc([N+](=O)[O-])cc1)NCC1(c2ccc(F)cc2)CCOCC1. The number of nitro groups is 1. The van der Waals surface area contributed by atoms with E-state index in [1.807, 2.05) is 0 Å². The van der Waals surface area contributed by atoms with Crippen LogP contribution in [-0.4, -0.2) is 30.6 Å². The number of halogens is 1. The van der Waals surface area contributed by atoms with Crippen LogP contribution in [0.25, 0.3) is 6.08 Å². The fraction of sp³-hybridized carbons (Fsp3) is 0.286. The average Bonchev–Trinajstić information content (AvgIpc) is 2.72. The predicted molar refractivity (Wildman–Crippen MR) is 103 cm³/mol. The molecule has 0 spiro atoms. The van der Waals surface area contributed by atoms with Gasteiger partial charge in [-0.25, -0.2) is 4.39 Å². The first-order valence-corrected chi connectivity index (χ1v) is 9.03. The topological polar surface area (TPSA) is 81.5 Å². The maximum absolute atomic E-state index is 13.3. The smallest absolute Gasteiger partial charge is 0.269 e. The molecule has 7 heteroatoms. The molecule has 1 aliphatic rings. The van der Waals surface area contributed by atoms with Crippen molar-refractivity contribution in [3.63, 3.8) is 0 Å². The zero-order valence-electron chi connectivity index (χ0n) is 15.3. The monoisotopic (exact) mass is 384 g/mol. The van der Waals surface area contributed by atoms with Crippen LogP contribution in [0.4, 0.5) is 10.1 Å². The molecule has 0 atom stereocenters. The quantitative estimate of drug-likeness (QED) is 0.469. The molecule has 1 aliphatic heterocycles. The van der Waals surface area contributed by atoms with Gasteiger partial charge in [-0.15, -0.1) is 0 Å². The van der Waals surface area contributed by atoms with Gasteiger partial charge in [0.1, 0.15) is 5.82 Å². The molecule has 0 aromatic heterocycles. The highest BCUT2D eigenvalue weighted by Crippen LogP contribution is 2.34. The first kappa shape index (κ1) is 19.7. The molecule has 1 N–H and O–H groups in total. The molecule has 1 fully saturated rings. The molecule has 1 saturated heterocycles.